The minimum Gasteiger partial charge on any atom is -0.480 e. The van der Waals surface area contributed by atoms with Crippen LogP contribution in [-0.4, -0.2) is 40.6 Å². The maximum Gasteiger partial charge on any atom is 0.326 e. The standard InChI is InChI=1S/C12H24N2O3/c1-6-7-14(9(4)5)12(17)13-10(8(2)3)11(15)16/h8-10H,6-7H2,1-5H3,(H,13,17)(H,15,16). The summed E-state index contributed by atoms with van der Waals surface area (Å²) in [6.45, 7) is 10.0. The van der Waals surface area contributed by atoms with Crippen molar-refractivity contribution in [1.29, 1.82) is 0 Å². The van der Waals surface area contributed by atoms with E-state index < -0.39 is 12.0 Å². The van der Waals surface area contributed by atoms with Crippen LogP contribution in [0.5, 0.6) is 0 Å². The lowest BCUT2D eigenvalue weighted by molar-refractivity contribution is -0.140. The maximum atomic E-state index is 11.9. The van der Waals surface area contributed by atoms with E-state index in [1.807, 2.05) is 20.8 Å². The van der Waals surface area contributed by atoms with Gasteiger partial charge in [0.05, 0.1) is 0 Å². The molecule has 5 nitrogen and oxygen atoms in total. The first-order chi connectivity index (χ1) is 7.81. The number of carbonyl (C=O) groups excluding carboxylic acids is 1. The largest absolute Gasteiger partial charge is 0.480 e. The van der Waals surface area contributed by atoms with Crippen LogP contribution in [0.15, 0.2) is 0 Å². The Morgan fingerprint density at radius 1 is 1.24 bits per heavy atom. The second kappa shape index (κ2) is 7.14. The Morgan fingerprint density at radius 2 is 1.76 bits per heavy atom. The van der Waals surface area contributed by atoms with Gasteiger partial charge in [-0.05, 0) is 26.2 Å². The smallest absolute Gasteiger partial charge is 0.326 e. The third-order valence-corrected chi connectivity index (χ3v) is 2.56. The average molecular weight is 244 g/mol. The van der Waals surface area contributed by atoms with Gasteiger partial charge in [0.15, 0.2) is 0 Å². The Kier molecular flexibility index (Phi) is 6.61. The van der Waals surface area contributed by atoms with Gasteiger partial charge in [-0.3, -0.25) is 0 Å². The molecule has 2 N–H and O–H groups in total. The molecule has 0 heterocycles. The van der Waals surface area contributed by atoms with Crippen molar-refractivity contribution < 1.29 is 14.7 Å². The predicted octanol–water partition coefficient (Wildman–Crippen LogP) is 1.93. The van der Waals surface area contributed by atoms with Gasteiger partial charge in [0.1, 0.15) is 6.04 Å². The number of hydrogen-bond donors (Lipinski definition) is 2. The van der Waals surface area contributed by atoms with Gasteiger partial charge < -0.3 is 15.3 Å². The van der Waals surface area contributed by atoms with Crippen LogP contribution in [0.2, 0.25) is 0 Å². The van der Waals surface area contributed by atoms with Gasteiger partial charge in [-0.25, -0.2) is 9.59 Å². The quantitative estimate of drug-likeness (QED) is 0.750. The van der Waals surface area contributed by atoms with Crippen molar-refractivity contribution in [3.05, 3.63) is 0 Å². The molecule has 0 bridgehead atoms. The molecule has 0 aromatic rings. The molecule has 0 spiro atoms. The topological polar surface area (TPSA) is 69.6 Å². The Hall–Kier alpha value is -1.26. The fourth-order valence-corrected chi connectivity index (χ4v) is 1.56. The van der Waals surface area contributed by atoms with E-state index in [9.17, 15) is 9.59 Å². The zero-order valence-electron chi connectivity index (χ0n) is 11.4. The zero-order chi connectivity index (χ0) is 13.6. The minimum absolute atomic E-state index is 0.0663. The molecule has 0 aromatic heterocycles. The summed E-state index contributed by atoms with van der Waals surface area (Å²) in [5, 5.41) is 11.6. The van der Waals surface area contributed by atoms with E-state index in [-0.39, 0.29) is 18.0 Å². The molecule has 0 rings (SSSR count). The van der Waals surface area contributed by atoms with Gasteiger partial charge in [0.2, 0.25) is 0 Å². The van der Waals surface area contributed by atoms with Crippen molar-refractivity contribution in [1.82, 2.24) is 10.2 Å². The fraction of sp³-hybridized carbons (Fsp3) is 0.833. The molecule has 1 unspecified atom stereocenters. The Morgan fingerprint density at radius 3 is 2.06 bits per heavy atom. The van der Waals surface area contributed by atoms with Crippen molar-refractivity contribution in [3.63, 3.8) is 0 Å². The zero-order valence-corrected chi connectivity index (χ0v) is 11.4. The monoisotopic (exact) mass is 244 g/mol. The summed E-state index contributed by atoms with van der Waals surface area (Å²) in [5.41, 5.74) is 0. The summed E-state index contributed by atoms with van der Waals surface area (Å²) in [4.78, 5) is 24.6. The molecule has 0 saturated carbocycles. The second-order valence-corrected chi connectivity index (χ2v) is 4.80. The van der Waals surface area contributed by atoms with Gasteiger partial charge in [-0.15, -0.1) is 0 Å². The number of aliphatic carboxylic acids is 1. The van der Waals surface area contributed by atoms with Gasteiger partial charge >= 0.3 is 12.0 Å². The molecule has 100 valence electrons. The van der Waals surface area contributed by atoms with E-state index in [1.54, 1.807) is 18.7 Å². The number of nitrogens with one attached hydrogen (secondary N) is 1. The first-order valence-corrected chi connectivity index (χ1v) is 6.11. The molecule has 0 aliphatic rings. The third-order valence-electron chi connectivity index (χ3n) is 2.56. The highest BCUT2D eigenvalue weighted by Crippen LogP contribution is 2.05. The molecule has 0 fully saturated rings. The first-order valence-electron chi connectivity index (χ1n) is 6.11. The normalized spacial score (nSPS) is 12.6. The first kappa shape index (κ1) is 15.7. The fourth-order valence-electron chi connectivity index (χ4n) is 1.56. The second-order valence-electron chi connectivity index (χ2n) is 4.80. The van der Waals surface area contributed by atoms with Crippen LogP contribution in [0, 0.1) is 5.92 Å². The van der Waals surface area contributed by atoms with E-state index >= 15 is 0 Å². The lowest BCUT2D eigenvalue weighted by atomic mass is 10.1. The summed E-state index contributed by atoms with van der Waals surface area (Å²) in [5.74, 6) is -1.12. The molecule has 5 heteroatoms. The summed E-state index contributed by atoms with van der Waals surface area (Å²) in [6.07, 6.45) is 0.852. The number of carbonyl (C=O) groups is 2. The summed E-state index contributed by atoms with van der Waals surface area (Å²) >= 11 is 0. The van der Waals surface area contributed by atoms with Gasteiger partial charge in [0, 0.05) is 12.6 Å². The molecule has 17 heavy (non-hydrogen) atoms. The lowest BCUT2D eigenvalue weighted by Crippen LogP contribution is -2.52. The lowest BCUT2D eigenvalue weighted by Gasteiger charge is -2.29. The van der Waals surface area contributed by atoms with Crippen LogP contribution in [0.3, 0.4) is 0 Å². The van der Waals surface area contributed by atoms with Crippen LogP contribution < -0.4 is 5.32 Å². The number of urea groups is 1. The van der Waals surface area contributed by atoms with Crippen LogP contribution in [0.1, 0.15) is 41.0 Å². The highest BCUT2D eigenvalue weighted by atomic mass is 16.4. The van der Waals surface area contributed by atoms with Gasteiger partial charge in [-0.1, -0.05) is 20.8 Å². The van der Waals surface area contributed by atoms with Gasteiger partial charge in [-0.2, -0.15) is 0 Å². The third kappa shape index (κ3) is 5.06. The Bertz CT molecular complexity index is 264. The molecule has 0 aliphatic heterocycles. The molecule has 1 atom stereocenters. The molecule has 2 amide bonds. The Balaban J connectivity index is 4.62. The van der Waals surface area contributed by atoms with Crippen molar-refractivity contribution in [2.24, 2.45) is 5.92 Å². The van der Waals surface area contributed by atoms with Crippen LogP contribution in [-0.2, 0) is 4.79 Å². The van der Waals surface area contributed by atoms with Gasteiger partial charge in [0.25, 0.3) is 0 Å². The number of amides is 2. The van der Waals surface area contributed by atoms with Crippen molar-refractivity contribution >= 4 is 12.0 Å². The Labute approximate surface area is 103 Å². The van der Waals surface area contributed by atoms with E-state index in [1.165, 1.54) is 0 Å². The predicted molar refractivity (Wildman–Crippen MR) is 66.9 cm³/mol. The van der Waals surface area contributed by atoms with E-state index in [0.717, 1.165) is 6.42 Å². The SMILES string of the molecule is CCCN(C(=O)NC(C(=O)O)C(C)C)C(C)C. The van der Waals surface area contributed by atoms with Crippen molar-refractivity contribution in [2.75, 3.05) is 6.54 Å². The molecule has 0 aliphatic carbocycles. The van der Waals surface area contributed by atoms with Crippen LogP contribution in [0.25, 0.3) is 0 Å². The average Bonchev–Trinajstić information content (AvgIpc) is 2.20. The number of nitrogens with zero attached hydrogens (tertiary/aromatic N) is 1. The molecule has 0 aromatic carbocycles. The molecule has 0 saturated heterocycles. The highest BCUT2D eigenvalue weighted by molar-refractivity contribution is 5.82. The molecular formula is C12H24N2O3. The van der Waals surface area contributed by atoms with Crippen molar-refractivity contribution in [3.8, 4) is 0 Å². The summed E-state index contributed by atoms with van der Waals surface area (Å²) < 4.78 is 0. The maximum absolute atomic E-state index is 11.9. The van der Waals surface area contributed by atoms with Crippen molar-refractivity contribution in [2.45, 2.75) is 53.1 Å². The van der Waals surface area contributed by atoms with Crippen LogP contribution in [0.4, 0.5) is 4.79 Å². The van der Waals surface area contributed by atoms with E-state index in [4.69, 9.17) is 5.11 Å². The number of hydrogen-bond acceptors (Lipinski definition) is 2. The molecular weight excluding hydrogens is 220 g/mol. The summed E-state index contributed by atoms with van der Waals surface area (Å²) in [7, 11) is 0. The number of carboxylic acids is 1. The van der Waals surface area contributed by atoms with E-state index in [0.29, 0.717) is 6.54 Å². The highest BCUT2D eigenvalue weighted by Gasteiger charge is 2.26. The number of rotatable bonds is 6. The molecule has 0 radical (unpaired) electrons. The summed E-state index contributed by atoms with van der Waals surface area (Å²) in [6, 6.07) is -1.07. The van der Waals surface area contributed by atoms with Crippen LogP contribution >= 0.6 is 0 Å². The number of carboxylic acid groups (broad SMARTS) is 1. The van der Waals surface area contributed by atoms with E-state index in [2.05, 4.69) is 5.32 Å². The minimum atomic E-state index is -0.992.